The van der Waals surface area contributed by atoms with E-state index in [2.05, 4.69) is 22.0 Å². The zero-order chi connectivity index (χ0) is 22.1. The lowest BCUT2D eigenvalue weighted by Gasteiger charge is -2.29. The molecule has 6 nitrogen and oxygen atoms in total. The van der Waals surface area contributed by atoms with Gasteiger partial charge in [-0.15, -0.1) is 0 Å². The maximum absolute atomic E-state index is 11.4. The summed E-state index contributed by atoms with van der Waals surface area (Å²) >= 11 is 10.1. The zero-order valence-corrected chi connectivity index (χ0v) is 20.2. The lowest BCUT2D eigenvalue weighted by molar-refractivity contribution is 0.106. The van der Waals surface area contributed by atoms with Gasteiger partial charge in [0.05, 0.1) is 26.4 Å². The summed E-state index contributed by atoms with van der Waals surface area (Å²) in [4.78, 5) is 26.8. The molecule has 2 heterocycles. The first-order valence-electron chi connectivity index (χ1n) is 10.1. The van der Waals surface area contributed by atoms with E-state index in [1.54, 1.807) is 12.1 Å². The molecular weight excluding hydrogens is 468 g/mol. The Morgan fingerprint density at radius 1 is 0.812 bits per heavy atom. The van der Waals surface area contributed by atoms with E-state index in [4.69, 9.17) is 21.1 Å². The Morgan fingerprint density at radius 2 is 1.25 bits per heavy atom. The number of ether oxygens (including phenoxy) is 2. The van der Waals surface area contributed by atoms with E-state index in [-0.39, 0.29) is 19.3 Å². The van der Waals surface area contributed by atoms with Crippen LogP contribution in [0, 0.1) is 0 Å². The molecule has 0 unspecified atom stereocenters. The highest BCUT2D eigenvalue weighted by atomic mass is 35.5. The average Bonchev–Trinajstić information content (AvgIpc) is 2.85. The summed E-state index contributed by atoms with van der Waals surface area (Å²) in [6, 6.07) is 14.9. The Hall–Kier alpha value is -1.97. The van der Waals surface area contributed by atoms with Gasteiger partial charge in [0, 0.05) is 54.0 Å². The highest BCUT2D eigenvalue weighted by Crippen LogP contribution is 2.19. The predicted molar refractivity (Wildman–Crippen MR) is 137 cm³/mol. The molecule has 172 valence electrons. The van der Waals surface area contributed by atoms with Gasteiger partial charge < -0.3 is 19.3 Å². The lowest BCUT2D eigenvalue weighted by Crippen LogP contribution is -2.36. The van der Waals surface area contributed by atoms with E-state index >= 15 is 0 Å². The Morgan fingerprint density at radius 3 is 1.69 bits per heavy atom. The molecule has 2 aromatic carbocycles. The molecule has 0 N–H and O–H groups in total. The number of Topliss-reactive ketones (excluding diaryl/α,β-unsaturated/α-hetero) is 1. The van der Waals surface area contributed by atoms with Crippen LogP contribution < -0.4 is 9.80 Å². The SMILES string of the molecule is O=C(C=S)c1cccc(N2CCOCC2)c1.O=C(Cl)c1cccc(N2CCOCC2)c1.S. The maximum atomic E-state index is 11.4. The van der Waals surface area contributed by atoms with Gasteiger partial charge in [-0.25, -0.2) is 0 Å². The minimum atomic E-state index is -0.412. The molecule has 0 aliphatic carbocycles. The van der Waals surface area contributed by atoms with Crippen molar-refractivity contribution in [3.63, 3.8) is 0 Å². The van der Waals surface area contributed by atoms with Gasteiger partial charge in [0.25, 0.3) is 5.24 Å². The summed E-state index contributed by atoms with van der Waals surface area (Å²) in [7, 11) is 0. The van der Waals surface area contributed by atoms with Crippen LogP contribution in [0.5, 0.6) is 0 Å². The van der Waals surface area contributed by atoms with E-state index in [0.29, 0.717) is 11.1 Å². The minimum Gasteiger partial charge on any atom is -0.378 e. The molecule has 0 bridgehead atoms. The number of carbonyl (C=O) groups is 2. The minimum absolute atomic E-state index is 0. The van der Waals surface area contributed by atoms with Gasteiger partial charge >= 0.3 is 0 Å². The van der Waals surface area contributed by atoms with Crippen LogP contribution in [-0.4, -0.2) is 69.0 Å². The van der Waals surface area contributed by atoms with Crippen LogP contribution in [0.15, 0.2) is 48.5 Å². The first-order chi connectivity index (χ1) is 15.1. The Balaban J connectivity index is 0.000000220. The van der Waals surface area contributed by atoms with E-state index in [9.17, 15) is 9.59 Å². The van der Waals surface area contributed by atoms with Crippen molar-refractivity contribution >= 4 is 65.1 Å². The molecule has 0 spiro atoms. The quantitative estimate of drug-likeness (QED) is 0.356. The van der Waals surface area contributed by atoms with Crippen LogP contribution in [0.4, 0.5) is 11.4 Å². The smallest absolute Gasteiger partial charge is 0.252 e. The molecule has 2 fully saturated rings. The summed E-state index contributed by atoms with van der Waals surface area (Å²) in [6.07, 6.45) is 0. The van der Waals surface area contributed by atoms with Crippen molar-refractivity contribution in [1.29, 1.82) is 0 Å². The second-order valence-corrected chi connectivity index (χ2v) is 7.63. The van der Waals surface area contributed by atoms with Gasteiger partial charge in [-0.2, -0.15) is 13.5 Å². The van der Waals surface area contributed by atoms with Gasteiger partial charge in [-0.05, 0) is 41.9 Å². The zero-order valence-electron chi connectivity index (χ0n) is 17.7. The van der Waals surface area contributed by atoms with E-state index in [0.717, 1.165) is 64.0 Å². The van der Waals surface area contributed by atoms with Gasteiger partial charge in [0.15, 0.2) is 5.78 Å². The van der Waals surface area contributed by atoms with Crippen LogP contribution in [0.2, 0.25) is 0 Å². The lowest BCUT2D eigenvalue weighted by atomic mass is 10.1. The number of rotatable bonds is 5. The van der Waals surface area contributed by atoms with Crippen molar-refractivity contribution in [1.82, 2.24) is 0 Å². The first kappa shape index (κ1) is 26.3. The number of hydrogen-bond donors (Lipinski definition) is 0. The number of anilines is 2. The number of benzene rings is 2. The van der Waals surface area contributed by atoms with Crippen LogP contribution >= 0.6 is 37.3 Å². The second-order valence-electron chi connectivity index (χ2n) is 7.06. The summed E-state index contributed by atoms with van der Waals surface area (Å²) in [5.41, 5.74) is 3.29. The number of hydrogen-bond acceptors (Lipinski definition) is 7. The maximum Gasteiger partial charge on any atom is 0.252 e. The molecule has 2 saturated heterocycles. The third-order valence-electron chi connectivity index (χ3n) is 5.06. The fraction of sp³-hybridized carbons (Fsp3) is 0.348. The number of morpholine rings is 2. The molecular formula is C23H27ClN2O4S2. The number of carbonyl (C=O) groups excluding carboxylic acids is 2. The molecule has 4 rings (SSSR count). The van der Waals surface area contributed by atoms with Crippen molar-refractivity contribution in [3.8, 4) is 0 Å². The molecule has 0 atom stereocenters. The topological polar surface area (TPSA) is 59.1 Å². The number of thiocarbonyl (C=S) groups is 1. The number of ketones is 1. The number of nitrogens with zero attached hydrogens (tertiary/aromatic N) is 2. The normalized spacial score (nSPS) is 15.7. The van der Waals surface area contributed by atoms with Gasteiger partial charge in [-0.1, -0.05) is 30.4 Å². The predicted octanol–water partition coefficient (Wildman–Crippen LogP) is 3.72. The molecule has 0 radical (unpaired) electrons. The van der Waals surface area contributed by atoms with Crippen molar-refractivity contribution in [3.05, 3.63) is 59.7 Å². The summed E-state index contributed by atoms with van der Waals surface area (Å²) in [5.74, 6) is -0.106. The van der Waals surface area contributed by atoms with Crippen molar-refractivity contribution in [2.24, 2.45) is 0 Å². The second kappa shape index (κ2) is 13.5. The van der Waals surface area contributed by atoms with Gasteiger partial charge in [0.2, 0.25) is 0 Å². The average molecular weight is 495 g/mol. The van der Waals surface area contributed by atoms with Gasteiger partial charge in [-0.3, -0.25) is 9.59 Å². The fourth-order valence-corrected chi connectivity index (χ4v) is 3.65. The third-order valence-corrected chi connectivity index (χ3v) is 5.50. The fourth-order valence-electron chi connectivity index (χ4n) is 3.39. The van der Waals surface area contributed by atoms with Crippen molar-refractivity contribution < 1.29 is 19.1 Å². The summed E-state index contributed by atoms with van der Waals surface area (Å²) in [5, 5.41) is 0.767. The van der Waals surface area contributed by atoms with E-state index in [1.807, 2.05) is 36.4 Å². The monoisotopic (exact) mass is 494 g/mol. The molecule has 2 aliphatic rings. The highest BCUT2D eigenvalue weighted by Gasteiger charge is 2.13. The molecule has 0 amide bonds. The number of halogens is 1. The molecule has 0 aromatic heterocycles. The van der Waals surface area contributed by atoms with Crippen LogP contribution in [0.25, 0.3) is 0 Å². The Bertz CT molecular complexity index is 916. The molecule has 2 aliphatic heterocycles. The molecule has 0 saturated carbocycles. The highest BCUT2D eigenvalue weighted by molar-refractivity contribution is 7.80. The van der Waals surface area contributed by atoms with Gasteiger partial charge in [0.1, 0.15) is 0 Å². The summed E-state index contributed by atoms with van der Waals surface area (Å²) in [6.45, 7) is 6.42. The Labute approximate surface area is 205 Å². The Kier molecular flexibility index (Phi) is 11.1. The molecule has 9 heteroatoms. The third kappa shape index (κ3) is 7.56. The molecule has 2 aromatic rings. The summed E-state index contributed by atoms with van der Waals surface area (Å²) < 4.78 is 10.6. The largest absolute Gasteiger partial charge is 0.378 e. The molecule has 32 heavy (non-hydrogen) atoms. The standard InChI is InChI=1S/C12H13NO2S.C11H12ClNO2.H2S/c14-12(9-16)10-2-1-3-11(8-10)13-4-6-15-7-5-13;12-11(14)9-2-1-3-10(8-9)13-4-6-15-7-5-13;/h1-3,8-9H,4-7H2;1-3,8H,4-7H2;1H2. The van der Waals surface area contributed by atoms with Crippen molar-refractivity contribution in [2.45, 2.75) is 0 Å². The van der Waals surface area contributed by atoms with Crippen LogP contribution in [0.1, 0.15) is 20.7 Å². The van der Waals surface area contributed by atoms with Crippen LogP contribution in [-0.2, 0) is 9.47 Å². The first-order valence-corrected chi connectivity index (χ1v) is 11.0. The van der Waals surface area contributed by atoms with Crippen LogP contribution in [0.3, 0.4) is 0 Å². The van der Waals surface area contributed by atoms with Crippen molar-refractivity contribution in [2.75, 3.05) is 62.4 Å². The van der Waals surface area contributed by atoms with E-state index < -0.39 is 5.24 Å². The van der Waals surface area contributed by atoms with E-state index in [1.165, 1.54) is 5.37 Å².